The minimum Gasteiger partial charge on any atom is -0.385 e. The number of nitrogens with zero attached hydrogens (tertiary/aromatic N) is 2. The molecular formula is C26H22Cl2N2O2. The predicted octanol–water partition coefficient (Wildman–Crippen LogP) is 5.03. The van der Waals surface area contributed by atoms with Crippen LogP contribution >= 0.6 is 23.2 Å². The molecule has 32 heavy (non-hydrogen) atoms. The number of carbonyl (C=O) groups excluding carboxylic acids is 1. The number of hydrogen-bond acceptors (Lipinski definition) is 3. The number of aliphatic hydroxyl groups is 1. The Balaban J connectivity index is 1.38. The molecule has 1 amide bonds. The van der Waals surface area contributed by atoms with Gasteiger partial charge in [0, 0.05) is 47.0 Å². The molecule has 0 atom stereocenters. The SMILES string of the molecule is O=C(N1CCC(O)(c2cccnc2)CC1)C12CC(c3ccc(Cl)cc31)c1ccc(Cl)cc12. The highest BCUT2D eigenvalue weighted by Gasteiger charge is 2.59. The summed E-state index contributed by atoms with van der Waals surface area (Å²) in [4.78, 5) is 20.3. The molecule has 0 unspecified atom stereocenters. The molecule has 0 radical (unpaired) electrons. The fourth-order valence-electron chi connectivity index (χ4n) is 6.06. The first kappa shape index (κ1) is 20.2. The molecule has 2 bridgehead atoms. The van der Waals surface area contributed by atoms with Crippen molar-refractivity contribution in [1.82, 2.24) is 9.88 Å². The molecule has 1 fully saturated rings. The molecule has 4 nitrogen and oxygen atoms in total. The van der Waals surface area contributed by atoms with Crippen LogP contribution in [0.15, 0.2) is 60.9 Å². The van der Waals surface area contributed by atoms with Crippen molar-refractivity contribution < 1.29 is 9.90 Å². The minimum atomic E-state index is -0.959. The maximum Gasteiger partial charge on any atom is 0.237 e. The van der Waals surface area contributed by atoms with Gasteiger partial charge in [0.25, 0.3) is 0 Å². The lowest BCUT2D eigenvalue weighted by Gasteiger charge is -2.42. The van der Waals surface area contributed by atoms with E-state index in [4.69, 9.17) is 23.2 Å². The van der Waals surface area contributed by atoms with Gasteiger partial charge >= 0.3 is 0 Å². The van der Waals surface area contributed by atoms with Gasteiger partial charge in [-0.2, -0.15) is 0 Å². The molecule has 162 valence electrons. The third-order valence-electron chi connectivity index (χ3n) is 7.65. The molecule has 6 heteroatoms. The van der Waals surface area contributed by atoms with E-state index in [0.29, 0.717) is 42.4 Å². The Labute approximate surface area is 196 Å². The van der Waals surface area contributed by atoms with Gasteiger partial charge in [-0.25, -0.2) is 0 Å². The Kier molecular flexibility index (Phi) is 4.45. The molecule has 6 rings (SSSR count). The van der Waals surface area contributed by atoms with Gasteiger partial charge in [0.1, 0.15) is 5.41 Å². The summed E-state index contributed by atoms with van der Waals surface area (Å²) < 4.78 is 0. The van der Waals surface area contributed by atoms with E-state index in [1.54, 1.807) is 12.4 Å². The highest BCUT2D eigenvalue weighted by atomic mass is 35.5. The van der Waals surface area contributed by atoms with E-state index in [2.05, 4.69) is 17.1 Å². The predicted molar refractivity (Wildman–Crippen MR) is 124 cm³/mol. The molecular weight excluding hydrogens is 443 g/mol. The van der Waals surface area contributed by atoms with Gasteiger partial charge in [-0.05, 0) is 71.8 Å². The van der Waals surface area contributed by atoms with Gasteiger partial charge < -0.3 is 10.0 Å². The first-order valence-electron chi connectivity index (χ1n) is 10.9. The summed E-state index contributed by atoms with van der Waals surface area (Å²) in [6.45, 7) is 0.977. The van der Waals surface area contributed by atoms with Crippen LogP contribution in [0.1, 0.15) is 53.0 Å². The van der Waals surface area contributed by atoms with Gasteiger partial charge in [0.05, 0.1) is 5.60 Å². The van der Waals surface area contributed by atoms with Crippen LogP contribution in [0.25, 0.3) is 0 Å². The van der Waals surface area contributed by atoms with Crippen LogP contribution < -0.4 is 0 Å². The number of fused-ring (bicyclic) bond motifs is 8. The Hall–Kier alpha value is -2.40. The summed E-state index contributed by atoms with van der Waals surface area (Å²) in [7, 11) is 0. The van der Waals surface area contributed by atoms with E-state index >= 15 is 0 Å². The Morgan fingerprint density at radius 3 is 2.19 bits per heavy atom. The molecule has 3 aliphatic rings. The quantitative estimate of drug-likeness (QED) is 0.578. The number of halogens is 2. The molecule has 0 saturated carbocycles. The lowest BCUT2D eigenvalue weighted by molar-refractivity contribution is -0.140. The standard InChI is InChI=1S/C26H22Cl2N2O2/c27-17-3-5-19-21-14-26(22(19)12-17,23-13-18(28)4-6-20(21)23)24(31)30-10-7-25(32,8-11-30)16-2-1-9-29-15-16/h1-6,9,12-13,15,21,32H,7-8,10-11,14H2. The molecule has 1 N–H and O–H groups in total. The normalized spacial score (nSPS) is 24.8. The van der Waals surface area contributed by atoms with Crippen molar-refractivity contribution in [3.63, 3.8) is 0 Å². The third kappa shape index (κ3) is 2.73. The largest absolute Gasteiger partial charge is 0.385 e. The van der Waals surface area contributed by atoms with Crippen molar-refractivity contribution in [3.05, 3.63) is 98.8 Å². The van der Waals surface area contributed by atoms with E-state index in [1.807, 2.05) is 41.3 Å². The second kappa shape index (κ2) is 7.05. The van der Waals surface area contributed by atoms with Crippen molar-refractivity contribution in [2.75, 3.05) is 13.1 Å². The zero-order chi connectivity index (χ0) is 22.1. The van der Waals surface area contributed by atoms with E-state index in [-0.39, 0.29) is 11.8 Å². The second-order valence-corrected chi connectivity index (χ2v) is 10.1. The van der Waals surface area contributed by atoms with E-state index < -0.39 is 11.0 Å². The van der Waals surface area contributed by atoms with Gasteiger partial charge in [-0.1, -0.05) is 41.4 Å². The highest BCUT2D eigenvalue weighted by Crippen LogP contribution is 2.61. The number of carbonyl (C=O) groups is 1. The summed E-state index contributed by atoms with van der Waals surface area (Å²) in [6, 6.07) is 15.6. The van der Waals surface area contributed by atoms with Crippen LogP contribution in [0.3, 0.4) is 0 Å². The van der Waals surface area contributed by atoms with Crippen LogP contribution in [-0.4, -0.2) is 34.0 Å². The average molecular weight is 465 g/mol. The lowest BCUT2D eigenvalue weighted by atomic mass is 9.73. The molecule has 1 aliphatic heterocycles. The maximum absolute atomic E-state index is 14.2. The number of hydrogen-bond donors (Lipinski definition) is 1. The fraction of sp³-hybridized carbons (Fsp3) is 0.308. The zero-order valence-electron chi connectivity index (χ0n) is 17.4. The summed E-state index contributed by atoms with van der Waals surface area (Å²) in [5.74, 6) is 0.258. The number of aromatic nitrogens is 1. The third-order valence-corrected chi connectivity index (χ3v) is 8.12. The second-order valence-electron chi connectivity index (χ2n) is 9.19. The van der Waals surface area contributed by atoms with Crippen molar-refractivity contribution in [1.29, 1.82) is 0 Å². The van der Waals surface area contributed by atoms with Crippen molar-refractivity contribution in [2.45, 2.75) is 36.2 Å². The van der Waals surface area contributed by atoms with Crippen LogP contribution in [0.4, 0.5) is 0 Å². The van der Waals surface area contributed by atoms with E-state index in [1.165, 1.54) is 11.1 Å². The molecule has 0 spiro atoms. The lowest BCUT2D eigenvalue weighted by Crippen LogP contribution is -2.51. The van der Waals surface area contributed by atoms with Gasteiger partial charge in [0.15, 0.2) is 0 Å². The van der Waals surface area contributed by atoms with Crippen molar-refractivity contribution in [2.24, 2.45) is 0 Å². The summed E-state index contributed by atoms with van der Waals surface area (Å²) in [5.41, 5.74) is 3.45. The number of piperidine rings is 1. The molecule has 2 aliphatic carbocycles. The molecule has 2 aromatic carbocycles. The maximum atomic E-state index is 14.2. The summed E-state index contributed by atoms with van der Waals surface area (Å²) >= 11 is 12.8. The highest BCUT2D eigenvalue weighted by molar-refractivity contribution is 6.31. The van der Waals surface area contributed by atoms with Crippen molar-refractivity contribution in [3.8, 4) is 0 Å². The van der Waals surface area contributed by atoms with E-state index in [0.717, 1.165) is 16.7 Å². The average Bonchev–Trinajstić information content (AvgIpc) is 3.32. The zero-order valence-corrected chi connectivity index (χ0v) is 18.9. The summed E-state index contributed by atoms with van der Waals surface area (Å²) in [6.07, 6.45) is 5.09. The van der Waals surface area contributed by atoms with Crippen LogP contribution in [0, 0.1) is 0 Å². The first-order valence-corrected chi connectivity index (χ1v) is 11.7. The Bertz CT molecular complexity index is 1180. The van der Waals surface area contributed by atoms with Crippen LogP contribution in [0.5, 0.6) is 0 Å². The number of pyridine rings is 1. The molecule has 2 heterocycles. The van der Waals surface area contributed by atoms with E-state index in [9.17, 15) is 9.90 Å². The molecule has 1 aromatic heterocycles. The van der Waals surface area contributed by atoms with Gasteiger partial charge in [-0.3, -0.25) is 9.78 Å². The van der Waals surface area contributed by atoms with Gasteiger partial charge in [-0.15, -0.1) is 0 Å². The topological polar surface area (TPSA) is 53.4 Å². The number of likely N-dealkylation sites (tertiary alicyclic amines) is 1. The van der Waals surface area contributed by atoms with Crippen LogP contribution in [0.2, 0.25) is 10.0 Å². The number of benzene rings is 2. The molecule has 3 aromatic rings. The summed E-state index contributed by atoms with van der Waals surface area (Å²) in [5, 5.41) is 12.5. The number of amides is 1. The monoisotopic (exact) mass is 464 g/mol. The molecule has 1 saturated heterocycles. The fourth-order valence-corrected chi connectivity index (χ4v) is 6.40. The van der Waals surface area contributed by atoms with Gasteiger partial charge in [0.2, 0.25) is 5.91 Å². The van der Waals surface area contributed by atoms with Crippen molar-refractivity contribution >= 4 is 29.1 Å². The Morgan fingerprint density at radius 2 is 1.62 bits per heavy atom. The minimum absolute atomic E-state index is 0.0813. The first-order chi connectivity index (χ1) is 15.4. The van der Waals surface area contributed by atoms with Crippen LogP contribution in [-0.2, 0) is 15.8 Å². The smallest absolute Gasteiger partial charge is 0.237 e. The number of rotatable bonds is 2. The Morgan fingerprint density at radius 1 is 1.00 bits per heavy atom.